The number of hydrogen-bond donors (Lipinski definition) is 1. The molecule has 3 heteroatoms. The Morgan fingerprint density at radius 3 is 2.61 bits per heavy atom. The molecule has 0 spiro atoms. The zero-order valence-corrected chi connectivity index (χ0v) is 14.5. The summed E-state index contributed by atoms with van der Waals surface area (Å²) in [5.74, 6) is -0.412. The summed E-state index contributed by atoms with van der Waals surface area (Å²) < 4.78 is 0. The number of ketones is 1. The maximum atomic E-state index is 12.8. The minimum absolute atomic E-state index is 0.0519. The van der Waals surface area contributed by atoms with Crippen molar-refractivity contribution in [2.75, 3.05) is 0 Å². The number of allylic oxidation sites excluding steroid dienone is 3. The molecule has 0 heterocycles. The molecule has 2 saturated carbocycles. The molecule has 2 fully saturated rings. The summed E-state index contributed by atoms with van der Waals surface area (Å²) in [6, 6.07) is 0. The summed E-state index contributed by atoms with van der Waals surface area (Å²) in [4.78, 5) is 24.8. The third-order valence-corrected chi connectivity index (χ3v) is 7.27. The van der Waals surface area contributed by atoms with E-state index in [4.69, 9.17) is 0 Å². The lowest BCUT2D eigenvalue weighted by molar-refractivity contribution is -0.165. The summed E-state index contributed by atoms with van der Waals surface area (Å²) in [5.41, 5.74) is 0.00301. The van der Waals surface area contributed by atoms with Crippen LogP contribution in [0.2, 0.25) is 0 Å². The van der Waals surface area contributed by atoms with Crippen molar-refractivity contribution in [2.45, 2.75) is 59.3 Å². The second-order valence-electron chi connectivity index (χ2n) is 8.66. The molecule has 5 atom stereocenters. The molecule has 0 unspecified atom stereocenters. The third kappa shape index (κ3) is 2.23. The van der Waals surface area contributed by atoms with Gasteiger partial charge in [0.05, 0.1) is 5.41 Å². The van der Waals surface area contributed by atoms with Crippen LogP contribution in [0.1, 0.15) is 59.3 Å². The van der Waals surface area contributed by atoms with Gasteiger partial charge in [0, 0.05) is 11.8 Å². The van der Waals surface area contributed by atoms with Gasteiger partial charge in [-0.25, -0.2) is 0 Å². The average Bonchev–Trinajstić information content (AvgIpc) is 2.50. The van der Waals surface area contributed by atoms with Crippen LogP contribution in [-0.4, -0.2) is 16.9 Å². The van der Waals surface area contributed by atoms with Crippen LogP contribution in [-0.2, 0) is 9.59 Å². The molecule has 3 nitrogen and oxygen atoms in total. The lowest BCUT2D eigenvalue weighted by atomic mass is 9.45. The smallest absolute Gasteiger partial charge is 0.309 e. The molecule has 0 radical (unpaired) electrons. The van der Waals surface area contributed by atoms with Crippen molar-refractivity contribution < 1.29 is 14.7 Å². The Bertz CT molecular complexity index is 604. The van der Waals surface area contributed by atoms with Gasteiger partial charge in [0.25, 0.3) is 0 Å². The first-order chi connectivity index (χ1) is 10.7. The quantitative estimate of drug-likeness (QED) is 0.769. The largest absolute Gasteiger partial charge is 0.481 e. The van der Waals surface area contributed by atoms with Crippen LogP contribution in [0, 0.1) is 28.1 Å². The fourth-order valence-electron chi connectivity index (χ4n) is 5.61. The Labute approximate surface area is 138 Å². The highest BCUT2D eigenvalue weighted by Gasteiger charge is 2.60. The highest BCUT2D eigenvalue weighted by molar-refractivity contribution is 5.98. The van der Waals surface area contributed by atoms with Gasteiger partial charge in [0.1, 0.15) is 0 Å². The number of hydrogen-bond acceptors (Lipinski definition) is 2. The van der Waals surface area contributed by atoms with Crippen molar-refractivity contribution in [1.29, 1.82) is 0 Å². The fourth-order valence-corrected chi connectivity index (χ4v) is 5.61. The lowest BCUT2D eigenvalue weighted by Crippen LogP contribution is -2.56. The second kappa shape index (κ2) is 5.06. The normalized spacial score (nSPS) is 46.4. The van der Waals surface area contributed by atoms with Gasteiger partial charge in [-0.1, -0.05) is 32.4 Å². The van der Waals surface area contributed by atoms with E-state index < -0.39 is 11.4 Å². The first kappa shape index (κ1) is 16.5. The van der Waals surface area contributed by atoms with Crippen LogP contribution in [0.4, 0.5) is 0 Å². The topological polar surface area (TPSA) is 54.4 Å². The Morgan fingerprint density at radius 2 is 2.00 bits per heavy atom. The summed E-state index contributed by atoms with van der Waals surface area (Å²) in [5, 5.41) is 9.82. The van der Waals surface area contributed by atoms with E-state index in [1.807, 2.05) is 13.0 Å². The van der Waals surface area contributed by atoms with Crippen LogP contribution in [0.3, 0.4) is 0 Å². The van der Waals surface area contributed by atoms with Crippen molar-refractivity contribution in [1.82, 2.24) is 0 Å². The van der Waals surface area contributed by atoms with Crippen molar-refractivity contribution >= 4 is 11.8 Å². The zero-order chi connectivity index (χ0) is 17.0. The molecule has 0 amide bonds. The number of aliphatic carboxylic acids is 1. The van der Waals surface area contributed by atoms with Crippen LogP contribution in [0.25, 0.3) is 0 Å². The van der Waals surface area contributed by atoms with E-state index in [1.165, 1.54) is 0 Å². The number of fused-ring (bicyclic) bond motifs is 3. The van der Waals surface area contributed by atoms with Gasteiger partial charge in [-0.3, -0.25) is 9.59 Å². The highest BCUT2D eigenvalue weighted by atomic mass is 16.4. The minimum atomic E-state index is -0.770. The third-order valence-electron chi connectivity index (χ3n) is 7.27. The van der Waals surface area contributed by atoms with Crippen molar-refractivity contribution in [3.05, 3.63) is 24.3 Å². The number of carboxylic acid groups (broad SMARTS) is 1. The van der Waals surface area contributed by atoms with E-state index in [0.29, 0.717) is 12.8 Å². The summed E-state index contributed by atoms with van der Waals surface area (Å²) in [7, 11) is 0. The number of Topliss-reactive ketones (excluding diaryl/α,β-unsaturated/α-hetero) is 1. The van der Waals surface area contributed by atoms with Gasteiger partial charge in [-0.15, -0.1) is 6.58 Å². The van der Waals surface area contributed by atoms with E-state index >= 15 is 0 Å². The Hall–Kier alpha value is -1.38. The lowest BCUT2D eigenvalue weighted by Gasteiger charge is -2.58. The molecule has 126 valence electrons. The first-order valence-electron chi connectivity index (χ1n) is 8.79. The molecule has 3 aliphatic rings. The van der Waals surface area contributed by atoms with E-state index in [-0.39, 0.29) is 28.4 Å². The molecule has 1 N–H and O–H groups in total. The van der Waals surface area contributed by atoms with E-state index in [0.717, 1.165) is 31.3 Å². The highest BCUT2D eigenvalue weighted by Crippen LogP contribution is 2.63. The maximum Gasteiger partial charge on any atom is 0.309 e. The monoisotopic (exact) mass is 316 g/mol. The second-order valence-corrected chi connectivity index (χ2v) is 8.66. The summed E-state index contributed by atoms with van der Waals surface area (Å²) >= 11 is 0. The molecule has 0 saturated heterocycles. The summed E-state index contributed by atoms with van der Waals surface area (Å²) in [6.45, 7) is 10.2. The standard InChI is InChI=1S/C20H28O3/c1-5-18(2)10-7-14-13(12-18)15(21)11-16-19(14,3)8-6-9-20(16,4)17(22)23/h5,12,14,16H,1,6-11H2,2-4H3,(H,22,23)/t14-,16+,18+,19+,20-/m1/s1. The van der Waals surface area contributed by atoms with E-state index in [9.17, 15) is 14.7 Å². The number of carbonyl (C=O) groups excluding carboxylic acids is 1. The van der Waals surface area contributed by atoms with Crippen LogP contribution < -0.4 is 0 Å². The number of rotatable bonds is 2. The zero-order valence-electron chi connectivity index (χ0n) is 14.5. The Morgan fingerprint density at radius 1 is 1.30 bits per heavy atom. The average molecular weight is 316 g/mol. The SMILES string of the molecule is C=C[C@]1(C)C=C2C(=O)C[C@H]3[C@@](C)(CCC[C@@]3(C)C(=O)O)[C@@H]2CC1. The van der Waals surface area contributed by atoms with Crippen molar-refractivity contribution in [3.63, 3.8) is 0 Å². The van der Waals surface area contributed by atoms with Gasteiger partial charge in [0.2, 0.25) is 0 Å². The van der Waals surface area contributed by atoms with Gasteiger partial charge >= 0.3 is 5.97 Å². The van der Waals surface area contributed by atoms with E-state index in [2.05, 4.69) is 26.5 Å². The molecular weight excluding hydrogens is 288 g/mol. The van der Waals surface area contributed by atoms with E-state index in [1.54, 1.807) is 0 Å². The van der Waals surface area contributed by atoms with Crippen molar-refractivity contribution in [2.24, 2.45) is 28.1 Å². The summed E-state index contributed by atoms with van der Waals surface area (Å²) in [6.07, 6.45) is 9.06. The minimum Gasteiger partial charge on any atom is -0.481 e. The predicted molar refractivity (Wildman–Crippen MR) is 89.9 cm³/mol. The molecule has 23 heavy (non-hydrogen) atoms. The van der Waals surface area contributed by atoms with Crippen LogP contribution in [0.5, 0.6) is 0 Å². The molecule has 0 aromatic heterocycles. The van der Waals surface area contributed by atoms with Gasteiger partial charge < -0.3 is 5.11 Å². The number of carboxylic acids is 1. The predicted octanol–water partition coefficient (Wildman–Crippen LogP) is 4.39. The molecule has 3 rings (SSSR count). The van der Waals surface area contributed by atoms with Gasteiger partial charge in [0.15, 0.2) is 5.78 Å². The van der Waals surface area contributed by atoms with Crippen LogP contribution in [0.15, 0.2) is 24.3 Å². The molecule has 0 aliphatic heterocycles. The first-order valence-corrected chi connectivity index (χ1v) is 8.79. The molecule has 0 aromatic carbocycles. The molecule has 0 aromatic rings. The maximum absolute atomic E-state index is 12.8. The Balaban J connectivity index is 2.07. The van der Waals surface area contributed by atoms with Gasteiger partial charge in [-0.2, -0.15) is 0 Å². The Kier molecular flexibility index (Phi) is 3.62. The fraction of sp³-hybridized carbons (Fsp3) is 0.700. The van der Waals surface area contributed by atoms with Crippen molar-refractivity contribution in [3.8, 4) is 0 Å². The molecular formula is C20H28O3. The molecule has 3 aliphatic carbocycles. The van der Waals surface area contributed by atoms with Crippen LogP contribution >= 0.6 is 0 Å². The number of carbonyl (C=O) groups is 2. The molecule has 0 bridgehead atoms. The van der Waals surface area contributed by atoms with Gasteiger partial charge in [-0.05, 0) is 55.4 Å².